The molecule has 0 aromatic heterocycles. The third-order valence-electron chi connectivity index (χ3n) is 4.62. The van der Waals surface area contributed by atoms with E-state index < -0.39 is 0 Å². The van der Waals surface area contributed by atoms with E-state index in [2.05, 4.69) is 34.5 Å². The third-order valence-corrected chi connectivity index (χ3v) is 4.62. The molecular formula is C20H24N2O2. The highest BCUT2D eigenvalue weighted by molar-refractivity contribution is 5.78. The summed E-state index contributed by atoms with van der Waals surface area (Å²) in [5.74, 6) is 0.0174. The van der Waals surface area contributed by atoms with Gasteiger partial charge in [0.05, 0.1) is 19.2 Å². The first-order valence-electron chi connectivity index (χ1n) is 8.51. The van der Waals surface area contributed by atoms with Crippen molar-refractivity contribution in [3.63, 3.8) is 0 Å². The number of carbonyl (C=O) groups excluding carboxylic acids is 1. The molecule has 0 saturated carbocycles. The van der Waals surface area contributed by atoms with E-state index >= 15 is 0 Å². The quantitative estimate of drug-likeness (QED) is 0.854. The van der Waals surface area contributed by atoms with Gasteiger partial charge in [-0.05, 0) is 29.5 Å². The SMILES string of the molecule is O=C(CN1CCc2ccccc2C1CO)NCCc1ccccc1. The molecule has 1 unspecified atom stereocenters. The van der Waals surface area contributed by atoms with Gasteiger partial charge in [-0.2, -0.15) is 0 Å². The zero-order valence-electron chi connectivity index (χ0n) is 13.8. The van der Waals surface area contributed by atoms with Gasteiger partial charge in [0.1, 0.15) is 0 Å². The summed E-state index contributed by atoms with van der Waals surface area (Å²) in [4.78, 5) is 14.3. The minimum Gasteiger partial charge on any atom is -0.394 e. The van der Waals surface area contributed by atoms with E-state index in [4.69, 9.17) is 0 Å². The highest BCUT2D eigenvalue weighted by Gasteiger charge is 2.27. The van der Waals surface area contributed by atoms with Crippen molar-refractivity contribution in [2.45, 2.75) is 18.9 Å². The lowest BCUT2D eigenvalue weighted by Crippen LogP contribution is -2.44. The lowest BCUT2D eigenvalue weighted by Gasteiger charge is -2.35. The van der Waals surface area contributed by atoms with Crippen molar-refractivity contribution in [1.82, 2.24) is 10.2 Å². The zero-order valence-corrected chi connectivity index (χ0v) is 13.8. The normalized spacial score (nSPS) is 17.3. The highest BCUT2D eigenvalue weighted by Crippen LogP contribution is 2.28. The van der Waals surface area contributed by atoms with Gasteiger partial charge in [0, 0.05) is 13.1 Å². The largest absolute Gasteiger partial charge is 0.394 e. The van der Waals surface area contributed by atoms with Crippen LogP contribution < -0.4 is 5.32 Å². The van der Waals surface area contributed by atoms with Gasteiger partial charge < -0.3 is 10.4 Å². The molecule has 3 rings (SSSR count). The van der Waals surface area contributed by atoms with Crippen LogP contribution in [-0.4, -0.2) is 42.2 Å². The first-order chi connectivity index (χ1) is 11.8. The van der Waals surface area contributed by atoms with Crippen molar-refractivity contribution in [3.8, 4) is 0 Å². The molecule has 2 aromatic carbocycles. The second-order valence-corrected chi connectivity index (χ2v) is 6.20. The van der Waals surface area contributed by atoms with Crippen LogP contribution in [0.3, 0.4) is 0 Å². The predicted octanol–water partition coefficient (Wildman–Crippen LogP) is 1.94. The van der Waals surface area contributed by atoms with Crippen molar-refractivity contribution in [2.24, 2.45) is 0 Å². The number of carbonyl (C=O) groups is 1. The number of nitrogens with zero attached hydrogens (tertiary/aromatic N) is 1. The number of aliphatic hydroxyl groups is 1. The van der Waals surface area contributed by atoms with E-state index in [-0.39, 0.29) is 18.6 Å². The van der Waals surface area contributed by atoms with Crippen LogP contribution in [-0.2, 0) is 17.6 Å². The smallest absolute Gasteiger partial charge is 0.234 e. The van der Waals surface area contributed by atoms with Crippen molar-refractivity contribution in [3.05, 3.63) is 71.3 Å². The van der Waals surface area contributed by atoms with Crippen LogP contribution in [0.1, 0.15) is 22.7 Å². The van der Waals surface area contributed by atoms with E-state index in [1.54, 1.807) is 0 Å². The number of nitrogens with one attached hydrogen (secondary N) is 1. The van der Waals surface area contributed by atoms with Gasteiger partial charge in [-0.15, -0.1) is 0 Å². The van der Waals surface area contributed by atoms with Gasteiger partial charge in [0.15, 0.2) is 0 Å². The van der Waals surface area contributed by atoms with Gasteiger partial charge in [-0.25, -0.2) is 0 Å². The van der Waals surface area contributed by atoms with Gasteiger partial charge in [-0.3, -0.25) is 9.69 Å². The van der Waals surface area contributed by atoms with Crippen LogP contribution in [0.15, 0.2) is 54.6 Å². The van der Waals surface area contributed by atoms with Gasteiger partial charge in [0.2, 0.25) is 5.91 Å². The number of amides is 1. The number of hydrogen-bond donors (Lipinski definition) is 2. The molecule has 1 atom stereocenters. The molecule has 1 amide bonds. The number of rotatable bonds is 6. The van der Waals surface area contributed by atoms with Crippen molar-refractivity contribution >= 4 is 5.91 Å². The lowest BCUT2D eigenvalue weighted by molar-refractivity contribution is -0.123. The topological polar surface area (TPSA) is 52.6 Å². The molecule has 4 heteroatoms. The van der Waals surface area contributed by atoms with Crippen LogP contribution in [0.5, 0.6) is 0 Å². The second-order valence-electron chi connectivity index (χ2n) is 6.20. The Balaban J connectivity index is 1.53. The van der Waals surface area contributed by atoms with E-state index in [1.165, 1.54) is 11.1 Å². The zero-order chi connectivity index (χ0) is 16.8. The van der Waals surface area contributed by atoms with Gasteiger partial charge in [-0.1, -0.05) is 54.6 Å². The Morgan fingerprint density at radius 2 is 1.88 bits per heavy atom. The molecule has 0 spiro atoms. The maximum atomic E-state index is 12.2. The van der Waals surface area contributed by atoms with Crippen molar-refractivity contribution in [1.29, 1.82) is 0 Å². The molecule has 4 nitrogen and oxygen atoms in total. The van der Waals surface area contributed by atoms with E-state index in [0.29, 0.717) is 13.1 Å². The molecule has 1 heterocycles. The summed E-state index contributed by atoms with van der Waals surface area (Å²) in [6.45, 7) is 1.80. The number of fused-ring (bicyclic) bond motifs is 1. The van der Waals surface area contributed by atoms with Crippen LogP contribution in [0.2, 0.25) is 0 Å². The Morgan fingerprint density at radius 1 is 1.12 bits per heavy atom. The fraction of sp³-hybridized carbons (Fsp3) is 0.350. The van der Waals surface area contributed by atoms with Crippen LogP contribution in [0.25, 0.3) is 0 Å². The van der Waals surface area contributed by atoms with Crippen molar-refractivity contribution in [2.75, 3.05) is 26.2 Å². The maximum absolute atomic E-state index is 12.2. The molecule has 0 aliphatic carbocycles. The Labute approximate surface area is 143 Å². The van der Waals surface area contributed by atoms with E-state index in [1.807, 2.05) is 30.3 Å². The minimum absolute atomic E-state index is 0.0174. The number of benzene rings is 2. The summed E-state index contributed by atoms with van der Waals surface area (Å²) in [6, 6.07) is 18.2. The number of aliphatic hydroxyl groups excluding tert-OH is 1. The highest BCUT2D eigenvalue weighted by atomic mass is 16.3. The average molecular weight is 324 g/mol. The van der Waals surface area contributed by atoms with Crippen LogP contribution >= 0.6 is 0 Å². The summed E-state index contributed by atoms with van der Waals surface area (Å²) in [7, 11) is 0. The van der Waals surface area contributed by atoms with Gasteiger partial charge >= 0.3 is 0 Å². The fourth-order valence-electron chi connectivity index (χ4n) is 3.34. The molecule has 0 fully saturated rings. The first-order valence-corrected chi connectivity index (χ1v) is 8.51. The van der Waals surface area contributed by atoms with E-state index in [0.717, 1.165) is 24.9 Å². The van der Waals surface area contributed by atoms with Crippen LogP contribution in [0.4, 0.5) is 0 Å². The molecular weight excluding hydrogens is 300 g/mol. The molecule has 0 saturated heterocycles. The molecule has 2 N–H and O–H groups in total. The molecule has 0 radical (unpaired) electrons. The maximum Gasteiger partial charge on any atom is 0.234 e. The Morgan fingerprint density at radius 3 is 2.67 bits per heavy atom. The second kappa shape index (κ2) is 8.08. The Hall–Kier alpha value is -2.17. The van der Waals surface area contributed by atoms with Gasteiger partial charge in [0.25, 0.3) is 0 Å². The molecule has 1 aliphatic rings. The Bertz CT molecular complexity index is 672. The minimum atomic E-state index is -0.0881. The monoisotopic (exact) mass is 324 g/mol. The average Bonchev–Trinajstić information content (AvgIpc) is 2.62. The third kappa shape index (κ3) is 4.02. The molecule has 126 valence electrons. The Kier molecular flexibility index (Phi) is 5.62. The predicted molar refractivity (Wildman–Crippen MR) is 94.7 cm³/mol. The van der Waals surface area contributed by atoms with Crippen LogP contribution in [0, 0.1) is 0 Å². The lowest BCUT2D eigenvalue weighted by atomic mass is 9.93. The standard InChI is InChI=1S/C20H24N2O2/c23-15-19-18-9-5-4-8-17(18)11-13-22(19)14-20(24)21-12-10-16-6-2-1-3-7-16/h1-9,19,23H,10-15H2,(H,21,24). The van der Waals surface area contributed by atoms with Crippen molar-refractivity contribution < 1.29 is 9.90 Å². The number of hydrogen-bond acceptors (Lipinski definition) is 3. The molecule has 24 heavy (non-hydrogen) atoms. The molecule has 2 aromatic rings. The molecule has 1 aliphatic heterocycles. The molecule has 0 bridgehead atoms. The van der Waals surface area contributed by atoms with E-state index in [9.17, 15) is 9.90 Å². The summed E-state index contributed by atoms with van der Waals surface area (Å²) >= 11 is 0. The summed E-state index contributed by atoms with van der Waals surface area (Å²) in [5, 5.41) is 12.8. The fourth-order valence-corrected chi connectivity index (χ4v) is 3.34. The summed E-state index contributed by atoms with van der Waals surface area (Å²) < 4.78 is 0. The summed E-state index contributed by atoms with van der Waals surface area (Å²) in [6.07, 6.45) is 1.75. The summed E-state index contributed by atoms with van der Waals surface area (Å²) in [5.41, 5.74) is 3.64. The first kappa shape index (κ1) is 16.7.